The summed E-state index contributed by atoms with van der Waals surface area (Å²) in [5.41, 5.74) is 2.67. The van der Waals surface area contributed by atoms with Crippen LogP contribution in [-0.2, 0) is 0 Å². The third-order valence-electron chi connectivity index (χ3n) is 3.53. The summed E-state index contributed by atoms with van der Waals surface area (Å²) < 4.78 is 0. The molecule has 4 rings (SSSR count). The van der Waals surface area contributed by atoms with Crippen LogP contribution in [0, 0.1) is 0 Å². The molecule has 108 valence electrons. The van der Waals surface area contributed by atoms with Gasteiger partial charge in [-0.25, -0.2) is 9.97 Å². The highest BCUT2D eigenvalue weighted by Crippen LogP contribution is 2.27. The monoisotopic (exact) mass is 289 g/mol. The zero-order valence-corrected chi connectivity index (χ0v) is 12.0. The van der Waals surface area contributed by atoms with E-state index >= 15 is 0 Å². The first-order valence-corrected chi connectivity index (χ1v) is 7.36. The van der Waals surface area contributed by atoms with Crippen LogP contribution in [0.1, 0.15) is 12.8 Å². The van der Waals surface area contributed by atoms with Crippen molar-refractivity contribution in [2.45, 2.75) is 18.9 Å². The molecule has 0 spiro atoms. The molecule has 0 atom stereocenters. The van der Waals surface area contributed by atoms with E-state index in [1.807, 2.05) is 36.4 Å². The van der Waals surface area contributed by atoms with Crippen LogP contribution in [0.5, 0.6) is 0 Å². The Labute approximate surface area is 128 Å². The molecule has 22 heavy (non-hydrogen) atoms. The number of nitrogens with one attached hydrogen (secondary N) is 1. The van der Waals surface area contributed by atoms with Crippen molar-refractivity contribution < 1.29 is 0 Å². The highest BCUT2D eigenvalue weighted by Gasteiger charge is 2.22. The van der Waals surface area contributed by atoms with Crippen LogP contribution in [0.3, 0.4) is 0 Å². The Morgan fingerprint density at radius 3 is 2.50 bits per heavy atom. The van der Waals surface area contributed by atoms with Crippen molar-refractivity contribution in [3.05, 3.63) is 55.0 Å². The minimum atomic E-state index is 0.539. The van der Waals surface area contributed by atoms with E-state index in [1.165, 1.54) is 12.8 Å². The number of rotatable bonds is 4. The van der Waals surface area contributed by atoms with Gasteiger partial charge in [0.05, 0.1) is 5.69 Å². The molecule has 1 fully saturated rings. The van der Waals surface area contributed by atoms with Crippen molar-refractivity contribution in [3.63, 3.8) is 0 Å². The summed E-state index contributed by atoms with van der Waals surface area (Å²) in [6.07, 6.45) is 7.70. The number of hydrogen-bond donors (Lipinski definition) is 1. The molecule has 5 nitrogen and oxygen atoms in total. The molecule has 0 bridgehead atoms. The average molecular weight is 289 g/mol. The van der Waals surface area contributed by atoms with Gasteiger partial charge in [0.25, 0.3) is 0 Å². The molecule has 0 amide bonds. The molecule has 1 saturated carbocycles. The Hall–Kier alpha value is -2.82. The lowest BCUT2D eigenvalue weighted by Crippen LogP contribution is -2.05. The number of hydrogen-bond acceptors (Lipinski definition) is 5. The first kappa shape index (κ1) is 12.9. The normalized spacial score (nSPS) is 13.8. The molecule has 0 aliphatic heterocycles. The van der Waals surface area contributed by atoms with Crippen molar-refractivity contribution in [2.24, 2.45) is 0 Å². The van der Waals surface area contributed by atoms with Gasteiger partial charge in [-0.2, -0.15) is 0 Å². The fourth-order valence-electron chi connectivity index (χ4n) is 2.24. The molecule has 0 radical (unpaired) electrons. The molecule has 3 aromatic rings. The fourth-order valence-corrected chi connectivity index (χ4v) is 2.24. The molecule has 0 unspecified atom stereocenters. The number of nitrogens with zero attached hydrogens (tertiary/aromatic N) is 4. The maximum atomic E-state index is 4.66. The molecule has 3 heterocycles. The van der Waals surface area contributed by atoms with E-state index in [2.05, 4.69) is 25.3 Å². The van der Waals surface area contributed by atoms with Gasteiger partial charge in [0.1, 0.15) is 11.5 Å². The minimum Gasteiger partial charge on any atom is -0.367 e. The fraction of sp³-hybridized carbons (Fsp3) is 0.176. The number of anilines is 1. The highest BCUT2D eigenvalue weighted by atomic mass is 15.1. The Morgan fingerprint density at radius 1 is 0.909 bits per heavy atom. The summed E-state index contributed by atoms with van der Waals surface area (Å²) in [6.45, 7) is 0. The van der Waals surface area contributed by atoms with Crippen molar-refractivity contribution >= 4 is 5.82 Å². The smallest absolute Gasteiger partial charge is 0.180 e. The quantitative estimate of drug-likeness (QED) is 0.799. The van der Waals surface area contributed by atoms with Gasteiger partial charge < -0.3 is 5.32 Å². The second kappa shape index (κ2) is 5.52. The Kier molecular flexibility index (Phi) is 3.23. The Morgan fingerprint density at radius 2 is 1.77 bits per heavy atom. The van der Waals surface area contributed by atoms with Crippen LogP contribution in [-0.4, -0.2) is 26.0 Å². The van der Waals surface area contributed by atoms with Gasteiger partial charge in [0.2, 0.25) is 0 Å². The lowest BCUT2D eigenvalue weighted by atomic mass is 10.2. The summed E-state index contributed by atoms with van der Waals surface area (Å²) in [5.74, 6) is 1.49. The molecule has 0 aromatic carbocycles. The zero-order chi connectivity index (χ0) is 14.8. The molecule has 0 saturated heterocycles. The van der Waals surface area contributed by atoms with E-state index in [0.29, 0.717) is 11.9 Å². The van der Waals surface area contributed by atoms with Gasteiger partial charge >= 0.3 is 0 Å². The number of pyridine rings is 2. The van der Waals surface area contributed by atoms with E-state index < -0.39 is 0 Å². The van der Waals surface area contributed by atoms with Crippen LogP contribution >= 0.6 is 0 Å². The van der Waals surface area contributed by atoms with Gasteiger partial charge in [-0.15, -0.1) is 0 Å². The SMILES string of the molecule is c1ccc(-c2nc(NC3CC3)cc(-c3ccncc3)n2)nc1. The Balaban J connectivity index is 1.80. The van der Waals surface area contributed by atoms with Gasteiger partial charge in [0, 0.05) is 36.3 Å². The lowest BCUT2D eigenvalue weighted by Gasteiger charge is -2.09. The van der Waals surface area contributed by atoms with Crippen LogP contribution in [0.4, 0.5) is 5.82 Å². The molecule has 1 aliphatic carbocycles. The predicted molar refractivity (Wildman–Crippen MR) is 85.1 cm³/mol. The van der Waals surface area contributed by atoms with E-state index in [9.17, 15) is 0 Å². The predicted octanol–water partition coefficient (Wildman–Crippen LogP) is 3.17. The summed E-state index contributed by atoms with van der Waals surface area (Å²) in [7, 11) is 0. The third-order valence-corrected chi connectivity index (χ3v) is 3.53. The largest absolute Gasteiger partial charge is 0.367 e. The van der Waals surface area contributed by atoms with Crippen LogP contribution in [0.15, 0.2) is 55.0 Å². The van der Waals surface area contributed by atoms with Crippen LogP contribution in [0.2, 0.25) is 0 Å². The van der Waals surface area contributed by atoms with Crippen molar-refractivity contribution in [2.75, 3.05) is 5.32 Å². The standard InChI is InChI=1S/C17H15N5/c1-2-8-19-14(3-1)17-21-15(12-6-9-18-10-7-12)11-16(22-17)20-13-4-5-13/h1-3,6-11,13H,4-5H2,(H,20,21,22). The minimum absolute atomic E-state index is 0.539. The molecule has 1 N–H and O–H groups in total. The molecular weight excluding hydrogens is 274 g/mol. The van der Waals surface area contributed by atoms with E-state index in [-0.39, 0.29) is 0 Å². The zero-order valence-electron chi connectivity index (χ0n) is 12.0. The first-order valence-electron chi connectivity index (χ1n) is 7.36. The summed E-state index contributed by atoms with van der Waals surface area (Å²) in [4.78, 5) is 17.7. The second-order valence-electron chi connectivity index (χ2n) is 5.33. The Bertz CT molecular complexity index is 712. The number of aromatic nitrogens is 4. The topological polar surface area (TPSA) is 63.6 Å². The van der Waals surface area contributed by atoms with Crippen LogP contribution in [0.25, 0.3) is 22.8 Å². The van der Waals surface area contributed by atoms with Gasteiger partial charge in [-0.05, 0) is 37.1 Å². The first-order chi connectivity index (χ1) is 10.9. The van der Waals surface area contributed by atoms with E-state index in [0.717, 1.165) is 22.8 Å². The highest BCUT2D eigenvalue weighted by molar-refractivity contribution is 5.66. The van der Waals surface area contributed by atoms with Gasteiger partial charge in [0.15, 0.2) is 5.82 Å². The second-order valence-corrected chi connectivity index (χ2v) is 5.33. The van der Waals surface area contributed by atoms with Crippen molar-refractivity contribution in [1.29, 1.82) is 0 Å². The average Bonchev–Trinajstić information content (AvgIpc) is 3.40. The molecule has 5 heteroatoms. The molecular formula is C17H15N5. The summed E-state index contributed by atoms with van der Waals surface area (Å²) >= 11 is 0. The van der Waals surface area contributed by atoms with Crippen molar-refractivity contribution in [1.82, 2.24) is 19.9 Å². The molecule has 3 aromatic heterocycles. The van der Waals surface area contributed by atoms with Crippen molar-refractivity contribution in [3.8, 4) is 22.8 Å². The molecule has 1 aliphatic rings. The van der Waals surface area contributed by atoms with E-state index in [1.54, 1.807) is 18.6 Å². The maximum Gasteiger partial charge on any atom is 0.180 e. The third kappa shape index (κ3) is 2.79. The lowest BCUT2D eigenvalue weighted by molar-refractivity contribution is 1.08. The summed E-state index contributed by atoms with van der Waals surface area (Å²) in [6, 6.07) is 12.2. The van der Waals surface area contributed by atoms with Gasteiger partial charge in [-0.1, -0.05) is 6.07 Å². The maximum absolute atomic E-state index is 4.66. The van der Waals surface area contributed by atoms with Crippen LogP contribution < -0.4 is 5.32 Å². The summed E-state index contributed by atoms with van der Waals surface area (Å²) in [5, 5.41) is 3.44. The van der Waals surface area contributed by atoms with E-state index in [4.69, 9.17) is 0 Å². The van der Waals surface area contributed by atoms with Gasteiger partial charge in [-0.3, -0.25) is 9.97 Å².